The highest BCUT2D eigenvalue weighted by Crippen LogP contribution is 2.27. The number of methoxy groups -OCH3 is 1. The first-order chi connectivity index (χ1) is 8.84. The number of hydrogen-bond donors (Lipinski definition) is 2. The van der Waals surface area contributed by atoms with E-state index in [1.807, 2.05) is 13.0 Å². The molecule has 1 heterocycles. The zero-order valence-corrected chi connectivity index (χ0v) is 12.0. The van der Waals surface area contributed by atoms with Crippen molar-refractivity contribution in [2.75, 3.05) is 18.6 Å². The Kier molecular flexibility index (Phi) is 3.73. The minimum absolute atomic E-state index is 0.0889. The van der Waals surface area contributed by atoms with Crippen LogP contribution in [0.25, 0.3) is 0 Å². The summed E-state index contributed by atoms with van der Waals surface area (Å²) in [7, 11) is -1.41. The van der Waals surface area contributed by atoms with E-state index < -0.39 is 9.84 Å². The lowest BCUT2D eigenvalue weighted by Gasteiger charge is -2.24. The molecule has 1 aliphatic rings. The molecule has 0 aromatic heterocycles. The van der Waals surface area contributed by atoms with Gasteiger partial charge in [0.2, 0.25) is 0 Å². The van der Waals surface area contributed by atoms with Crippen LogP contribution in [0.15, 0.2) is 18.2 Å². The Labute approximate surface area is 113 Å². The highest BCUT2D eigenvalue weighted by molar-refractivity contribution is 7.91. The van der Waals surface area contributed by atoms with Crippen LogP contribution in [0, 0.1) is 0 Å². The molecule has 0 saturated carbocycles. The van der Waals surface area contributed by atoms with Crippen LogP contribution in [-0.2, 0) is 16.4 Å². The fourth-order valence-electron chi connectivity index (χ4n) is 2.31. The van der Waals surface area contributed by atoms with Gasteiger partial charge in [-0.05, 0) is 31.0 Å². The molecule has 1 unspecified atom stereocenters. The maximum Gasteiger partial charge on any atom is 0.160 e. The Bertz CT molecular complexity index is 570. The first-order valence-electron chi connectivity index (χ1n) is 6.15. The highest BCUT2D eigenvalue weighted by Gasteiger charge is 2.37. The topological polar surface area (TPSA) is 75.6 Å². The van der Waals surface area contributed by atoms with Crippen LogP contribution in [0.2, 0.25) is 0 Å². The largest absolute Gasteiger partial charge is 0.504 e. The van der Waals surface area contributed by atoms with Gasteiger partial charge in [0.25, 0.3) is 0 Å². The molecule has 1 saturated heterocycles. The van der Waals surface area contributed by atoms with Crippen molar-refractivity contribution < 1.29 is 18.3 Å². The van der Waals surface area contributed by atoms with Gasteiger partial charge in [0, 0.05) is 12.1 Å². The van der Waals surface area contributed by atoms with Crippen molar-refractivity contribution in [1.82, 2.24) is 5.32 Å². The van der Waals surface area contributed by atoms with E-state index in [9.17, 15) is 13.5 Å². The van der Waals surface area contributed by atoms with Crippen LogP contribution in [0.4, 0.5) is 0 Å². The minimum atomic E-state index is -2.91. The standard InChI is InChI=1S/C13H19NO4S/c1-13(5-6-19(16,17)9-13)14-8-10-3-4-12(18-2)11(15)7-10/h3-4,7,14-15H,5-6,8-9H2,1-2H3. The molecule has 0 bridgehead atoms. The van der Waals surface area contributed by atoms with E-state index in [1.54, 1.807) is 12.1 Å². The summed E-state index contributed by atoms with van der Waals surface area (Å²) in [6.07, 6.45) is 0.622. The quantitative estimate of drug-likeness (QED) is 0.865. The lowest BCUT2D eigenvalue weighted by Crippen LogP contribution is -2.42. The summed E-state index contributed by atoms with van der Waals surface area (Å²) in [6.45, 7) is 2.44. The summed E-state index contributed by atoms with van der Waals surface area (Å²) in [5.41, 5.74) is 0.512. The van der Waals surface area contributed by atoms with Crippen molar-refractivity contribution in [2.45, 2.75) is 25.4 Å². The minimum Gasteiger partial charge on any atom is -0.504 e. The molecule has 0 aliphatic carbocycles. The van der Waals surface area contributed by atoms with Gasteiger partial charge in [0.05, 0.1) is 18.6 Å². The molecule has 2 N–H and O–H groups in total. The molecule has 19 heavy (non-hydrogen) atoms. The number of aromatic hydroxyl groups is 1. The molecule has 1 atom stereocenters. The molecule has 1 aromatic carbocycles. The average Bonchev–Trinajstić information content (AvgIpc) is 2.62. The predicted molar refractivity (Wildman–Crippen MR) is 73.2 cm³/mol. The zero-order valence-electron chi connectivity index (χ0n) is 11.1. The van der Waals surface area contributed by atoms with E-state index in [2.05, 4.69) is 5.32 Å². The van der Waals surface area contributed by atoms with Crippen molar-refractivity contribution in [3.8, 4) is 11.5 Å². The molecule has 0 radical (unpaired) electrons. The van der Waals surface area contributed by atoms with Gasteiger partial charge in [0.1, 0.15) is 0 Å². The van der Waals surface area contributed by atoms with Crippen LogP contribution in [0.5, 0.6) is 11.5 Å². The maximum absolute atomic E-state index is 11.5. The van der Waals surface area contributed by atoms with Gasteiger partial charge >= 0.3 is 0 Å². The summed E-state index contributed by atoms with van der Waals surface area (Å²) < 4.78 is 28.0. The Morgan fingerprint density at radius 3 is 2.74 bits per heavy atom. The number of rotatable bonds is 4. The molecule has 106 valence electrons. The summed E-state index contributed by atoms with van der Waals surface area (Å²) >= 11 is 0. The summed E-state index contributed by atoms with van der Waals surface area (Å²) in [5.74, 6) is 0.927. The van der Waals surface area contributed by atoms with E-state index in [1.165, 1.54) is 7.11 Å². The SMILES string of the molecule is COc1ccc(CNC2(C)CCS(=O)(=O)C2)cc1O. The second-order valence-electron chi connectivity index (χ2n) is 5.26. The molecule has 5 nitrogen and oxygen atoms in total. The van der Waals surface area contributed by atoms with Crippen LogP contribution in [-0.4, -0.2) is 37.7 Å². The smallest absolute Gasteiger partial charge is 0.160 e. The monoisotopic (exact) mass is 285 g/mol. The van der Waals surface area contributed by atoms with Gasteiger partial charge in [0.15, 0.2) is 21.3 Å². The van der Waals surface area contributed by atoms with E-state index in [4.69, 9.17) is 4.74 Å². The lowest BCUT2D eigenvalue weighted by molar-refractivity contribution is 0.371. The fourth-order valence-corrected chi connectivity index (χ4v) is 4.43. The number of ether oxygens (including phenoxy) is 1. The summed E-state index contributed by atoms with van der Waals surface area (Å²) in [5, 5.41) is 12.9. The summed E-state index contributed by atoms with van der Waals surface area (Å²) in [4.78, 5) is 0. The molecule has 0 spiro atoms. The van der Waals surface area contributed by atoms with E-state index >= 15 is 0 Å². The first kappa shape index (κ1) is 14.1. The molecular weight excluding hydrogens is 266 g/mol. The van der Waals surface area contributed by atoms with Gasteiger partial charge in [-0.25, -0.2) is 8.42 Å². The predicted octanol–water partition coefficient (Wildman–Crippen LogP) is 1.07. The number of phenols is 1. The Hall–Kier alpha value is -1.27. The van der Waals surface area contributed by atoms with Gasteiger partial charge in [-0.1, -0.05) is 6.07 Å². The number of hydrogen-bond acceptors (Lipinski definition) is 5. The van der Waals surface area contributed by atoms with Crippen molar-refractivity contribution in [3.63, 3.8) is 0 Å². The maximum atomic E-state index is 11.5. The van der Waals surface area contributed by atoms with Crippen LogP contribution >= 0.6 is 0 Å². The van der Waals surface area contributed by atoms with Crippen LogP contribution in [0.1, 0.15) is 18.9 Å². The van der Waals surface area contributed by atoms with Gasteiger partial charge in [-0.2, -0.15) is 0 Å². The molecule has 1 aliphatic heterocycles. The molecule has 1 fully saturated rings. The Morgan fingerprint density at radius 2 is 2.21 bits per heavy atom. The van der Waals surface area contributed by atoms with Crippen molar-refractivity contribution in [1.29, 1.82) is 0 Å². The van der Waals surface area contributed by atoms with Crippen molar-refractivity contribution >= 4 is 9.84 Å². The second-order valence-corrected chi connectivity index (χ2v) is 7.45. The molecule has 1 aromatic rings. The zero-order chi connectivity index (χ0) is 14.1. The normalized spacial score (nSPS) is 25.4. The number of phenolic OH excluding ortho intramolecular Hbond substituents is 1. The Balaban J connectivity index is 2.01. The van der Waals surface area contributed by atoms with Gasteiger partial charge < -0.3 is 15.2 Å². The van der Waals surface area contributed by atoms with Gasteiger partial charge in [-0.3, -0.25) is 0 Å². The van der Waals surface area contributed by atoms with Crippen molar-refractivity contribution in [3.05, 3.63) is 23.8 Å². The Morgan fingerprint density at radius 1 is 1.47 bits per heavy atom. The van der Waals surface area contributed by atoms with Gasteiger partial charge in [-0.15, -0.1) is 0 Å². The molecule has 0 amide bonds. The second kappa shape index (κ2) is 5.02. The van der Waals surface area contributed by atoms with E-state index in [0.29, 0.717) is 18.7 Å². The first-order valence-corrected chi connectivity index (χ1v) is 7.97. The molecular formula is C13H19NO4S. The van der Waals surface area contributed by atoms with Crippen molar-refractivity contribution in [2.24, 2.45) is 0 Å². The van der Waals surface area contributed by atoms with Crippen LogP contribution in [0.3, 0.4) is 0 Å². The van der Waals surface area contributed by atoms with E-state index in [0.717, 1.165) is 5.56 Å². The summed E-state index contributed by atoms with van der Waals surface area (Å²) in [6, 6.07) is 5.16. The molecule has 2 rings (SSSR count). The fraction of sp³-hybridized carbons (Fsp3) is 0.538. The van der Waals surface area contributed by atoms with Crippen LogP contribution < -0.4 is 10.1 Å². The van der Waals surface area contributed by atoms with E-state index in [-0.39, 0.29) is 22.8 Å². The number of sulfone groups is 1. The lowest BCUT2D eigenvalue weighted by atomic mass is 10.0. The third-order valence-electron chi connectivity index (χ3n) is 3.47. The number of benzene rings is 1. The highest BCUT2D eigenvalue weighted by atomic mass is 32.2. The number of nitrogens with one attached hydrogen (secondary N) is 1. The third kappa shape index (κ3) is 3.39. The average molecular weight is 285 g/mol. The molecule has 6 heteroatoms. The third-order valence-corrected chi connectivity index (χ3v) is 5.37.